The van der Waals surface area contributed by atoms with Gasteiger partial charge in [-0.15, -0.1) is 24.0 Å². The molecule has 1 aliphatic heterocycles. The number of furan rings is 1. The zero-order valence-electron chi connectivity index (χ0n) is 18.4. The van der Waals surface area contributed by atoms with Crippen LogP contribution in [0.4, 0.5) is 5.69 Å². The van der Waals surface area contributed by atoms with Gasteiger partial charge in [0, 0.05) is 25.7 Å². The minimum absolute atomic E-state index is 0. The summed E-state index contributed by atoms with van der Waals surface area (Å²) in [5, 5.41) is 6.78. The molecule has 31 heavy (non-hydrogen) atoms. The van der Waals surface area contributed by atoms with Crippen molar-refractivity contribution in [3.63, 3.8) is 0 Å². The number of nitrogens with one attached hydrogen (secondary N) is 2. The van der Waals surface area contributed by atoms with Gasteiger partial charge in [0.15, 0.2) is 5.96 Å². The Morgan fingerprint density at radius 2 is 2.10 bits per heavy atom. The summed E-state index contributed by atoms with van der Waals surface area (Å²) >= 11 is 0. The second-order valence-electron chi connectivity index (χ2n) is 7.12. The van der Waals surface area contributed by atoms with Gasteiger partial charge in [0.25, 0.3) is 0 Å². The second kappa shape index (κ2) is 11.8. The van der Waals surface area contributed by atoms with E-state index in [0.717, 1.165) is 43.5 Å². The number of halogens is 1. The number of carbonyl (C=O) groups is 1. The molecular formula is C22H31IN4O4. The van der Waals surface area contributed by atoms with Gasteiger partial charge in [0.1, 0.15) is 29.4 Å². The topological polar surface area (TPSA) is 88.3 Å². The van der Waals surface area contributed by atoms with Crippen LogP contribution in [0.15, 0.2) is 39.7 Å². The normalized spacial score (nSPS) is 15.9. The highest BCUT2D eigenvalue weighted by Crippen LogP contribution is 2.30. The van der Waals surface area contributed by atoms with Crippen LogP contribution in [-0.4, -0.2) is 51.8 Å². The molecule has 1 aromatic heterocycles. The van der Waals surface area contributed by atoms with Crippen molar-refractivity contribution in [2.45, 2.75) is 32.9 Å². The SMILES string of the molecule is CCNC(=NCc1cc(C(=O)OC)c(C)o1)NC1CCN(c2ccccc2OC)C1.I. The number of benzene rings is 1. The van der Waals surface area contributed by atoms with Crippen LogP contribution in [-0.2, 0) is 11.3 Å². The Labute approximate surface area is 200 Å². The molecule has 0 spiro atoms. The average Bonchev–Trinajstić information content (AvgIpc) is 3.38. The lowest BCUT2D eigenvalue weighted by Gasteiger charge is -2.22. The van der Waals surface area contributed by atoms with Crippen molar-refractivity contribution in [1.29, 1.82) is 0 Å². The van der Waals surface area contributed by atoms with Gasteiger partial charge in [-0.25, -0.2) is 9.79 Å². The quantitative estimate of drug-likeness (QED) is 0.240. The molecule has 1 saturated heterocycles. The number of hydrogen-bond acceptors (Lipinski definition) is 6. The monoisotopic (exact) mass is 542 g/mol. The van der Waals surface area contributed by atoms with Gasteiger partial charge < -0.3 is 29.4 Å². The van der Waals surface area contributed by atoms with Crippen molar-refractivity contribution in [2.24, 2.45) is 4.99 Å². The molecule has 0 radical (unpaired) electrons. The maximum atomic E-state index is 11.8. The van der Waals surface area contributed by atoms with E-state index < -0.39 is 5.97 Å². The highest BCUT2D eigenvalue weighted by molar-refractivity contribution is 14.0. The molecular weight excluding hydrogens is 511 g/mol. The molecule has 2 heterocycles. The number of hydrogen-bond donors (Lipinski definition) is 2. The van der Waals surface area contributed by atoms with Crippen LogP contribution in [0.25, 0.3) is 0 Å². The molecule has 9 heteroatoms. The van der Waals surface area contributed by atoms with Crippen LogP contribution in [0.2, 0.25) is 0 Å². The third-order valence-electron chi connectivity index (χ3n) is 5.07. The summed E-state index contributed by atoms with van der Waals surface area (Å²) in [4.78, 5) is 18.7. The summed E-state index contributed by atoms with van der Waals surface area (Å²) in [6.07, 6.45) is 0.995. The van der Waals surface area contributed by atoms with E-state index in [1.165, 1.54) is 7.11 Å². The van der Waals surface area contributed by atoms with E-state index in [2.05, 4.69) is 26.6 Å². The lowest BCUT2D eigenvalue weighted by atomic mass is 10.2. The van der Waals surface area contributed by atoms with Crippen LogP contribution >= 0.6 is 24.0 Å². The first-order valence-electron chi connectivity index (χ1n) is 10.2. The number of esters is 1. The molecule has 0 saturated carbocycles. The Morgan fingerprint density at radius 3 is 2.81 bits per heavy atom. The molecule has 1 unspecified atom stereocenters. The van der Waals surface area contributed by atoms with E-state index >= 15 is 0 Å². The molecule has 1 aromatic carbocycles. The van der Waals surface area contributed by atoms with Crippen molar-refractivity contribution in [3.8, 4) is 5.75 Å². The van der Waals surface area contributed by atoms with Gasteiger partial charge in [-0.05, 0) is 38.5 Å². The molecule has 0 bridgehead atoms. The van der Waals surface area contributed by atoms with Gasteiger partial charge in [-0.3, -0.25) is 0 Å². The van der Waals surface area contributed by atoms with Gasteiger partial charge >= 0.3 is 5.97 Å². The van der Waals surface area contributed by atoms with Gasteiger partial charge in [-0.1, -0.05) is 12.1 Å². The molecule has 0 aliphatic carbocycles. The van der Waals surface area contributed by atoms with Crippen LogP contribution in [0.1, 0.15) is 35.2 Å². The van der Waals surface area contributed by atoms with Crippen LogP contribution < -0.4 is 20.3 Å². The van der Waals surface area contributed by atoms with Gasteiger partial charge in [0.2, 0.25) is 0 Å². The van der Waals surface area contributed by atoms with Crippen molar-refractivity contribution in [2.75, 3.05) is 38.8 Å². The zero-order valence-corrected chi connectivity index (χ0v) is 20.8. The number of nitrogens with zero attached hydrogens (tertiary/aromatic N) is 2. The fraction of sp³-hybridized carbons (Fsp3) is 0.455. The summed E-state index contributed by atoms with van der Waals surface area (Å²) in [6.45, 7) is 6.65. The minimum atomic E-state index is -0.404. The van der Waals surface area contributed by atoms with E-state index in [-0.39, 0.29) is 30.0 Å². The van der Waals surface area contributed by atoms with Crippen LogP contribution in [0.5, 0.6) is 5.75 Å². The number of aryl methyl sites for hydroxylation is 1. The van der Waals surface area contributed by atoms with Crippen LogP contribution in [0.3, 0.4) is 0 Å². The number of carbonyl (C=O) groups excluding carboxylic acids is 1. The minimum Gasteiger partial charge on any atom is -0.495 e. The van der Waals surface area contributed by atoms with Gasteiger partial charge in [-0.2, -0.15) is 0 Å². The van der Waals surface area contributed by atoms with Crippen molar-refractivity contribution < 1.29 is 18.7 Å². The largest absolute Gasteiger partial charge is 0.495 e. The lowest BCUT2D eigenvalue weighted by molar-refractivity contribution is 0.0599. The first-order valence-corrected chi connectivity index (χ1v) is 10.2. The Kier molecular flexibility index (Phi) is 9.47. The number of aliphatic imine (C=N–C) groups is 1. The van der Waals surface area contributed by atoms with E-state index in [9.17, 15) is 4.79 Å². The maximum Gasteiger partial charge on any atom is 0.341 e. The number of rotatable bonds is 7. The van der Waals surface area contributed by atoms with E-state index in [1.54, 1.807) is 20.1 Å². The Hall–Kier alpha value is -2.43. The summed E-state index contributed by atoms with van der Waals surface area (Å²) in [6, 6.07) is 10.0. The molecule has 2 N–H and O–H groups in total. The molecule has 1 aliphatic rings. The summed E-state index contributed by atoms with van der Waals surface area (Å²) in [7, 11) is 3.05. The number of para-hydroxylation sites is 2. The maximum absolute atomic E-state index is 11.8. The smallest absolute Gasteiger partial charge is 0.341 e. The number of anilines is 1. The standard InChI is InChI=1S/C22H30N4O4.HI/c1-5-23-22(24-13-17-12-18(15(2)30-17)21(27)29-4)25-16-10-11-26(14-16)19-8-6-7-9-20(19)28-3;/h6-9,12,16H,5,10-11,13-14H2,1-4H3,(H2,23,24,25);1H. The fourth-order valence-electron chi connectivity index (χ4n) is 3.59. The van der Waals surface area contributed by atoms with Crippen molar-refractivity contribution in [1.82, 2.24) is 10.6 Å². The predicted octanol–water partition coefficient (Wildman–Crippen LogP) is 3.34. The highest BCUT2D eigenvalue weighted by Gasteiger charge is 2.25. The Balaban J connectivity index is 0.00000341. The molecule has 8 nitrogen and oxygen atoms in total. The second-order valence-corrected chi connectivity index (χ2v) is 7.12. The third-order valence-corrected chi connectivity index (χ3v) is 5.07. The zero-order chi connectivity index (χ0) is 21.5. The molecule has 1 fully saturated rings. The molecule has 170 valence electrons. The molecule has 2 aromatic rings. The Bertz CT molecular complexity index is 899. The molecule has 1 atom stereocenters. The summed E-state index contributed by atoms with van der Waals surface area (Å²) < 4.78 is 15.9. The van der Waals surface area contributed by atoms with E-state index in [4.69, 9.17) is 13.9 Å². The first kappa shape index (κ1) is 24.8. The van der Waals surface area contributed by atoms with E-state index in [1.807, 2.05) is 25.1 Å². The lowest BCUT2D eigenvalue weighted by Crippen LogP contribution is -2.44. The molecule has 3 rings (SSSR count). The predicted molar refractivity (Wildman–Crippen MR) is 132 cm³/mol. The summed E-state index contributed by atoms with van der Waals surface area (Å²) in [5.41, 5.74) is 1.54. The number of ether oxygens (including phenoxy) is 2. The van der Waals surface area contributed by atoms with Crippen LogP contribution in [0, 0.1) is 6.92 Å². The van der Waals surface area contributed by atoms with Crippen molar-refractivity contribution in [3.05, 3.63) is 47.4 Å². The number of methoxy groups -OCH3 is 2. The molecule has 0 amide bonds. The highest BCUT2D eigenvalue weighted by atomic mass is 127. The first-order chi connectivity index (χ1) is 14.5. The third kappa shape index (κ3) is 6.28. The average molecular weight is 542 g/mol. The van der Waals surface area contributed by atoms with Gasteiger partial charge in [0.05, 0.1) is 19.9 Å². The summed E-state index contributed by atoms with van der Waals surface area (Å²) in [5.74, 6) is 2.35. The number of guanidine groups is 1. The van der Waals surface area contributed by atoms with E-state index in [0.29, 0.717) is 23.6 Å². The fourth-order valence-corrected chi connectivity index (χ4v) is 3.59. The Morgan fingerprint density at radius 1 is 1.32 bits per heavy atom. The van der Waals surface area contributed by atoms with Crippen molar-refractivity contribution >= 4 is 41.6 Å².